The molecule has 2 nitrogen and oxygen atoms in total. The van der Waals surface area contributed by atoms with Crippen molar-refractivity contribution < 1.29 is 22.7 Å². The van der Waals surface area contributed by atoms with E-state index >= 15 is 0 Å². The van der Waals surface area contributed by atoms with Gasteiger partial charge in [0.2, 0.25) is 0 Å². The van der Waals surface area contributed by atoms with Crippen LogP contribution in [0.2, 0.25) is 0 Å². The van der Waals surface area contributed by atoms with Crippen LogP contribution in [0.15, 0.2) is 12.1 Å². The Morgan fingerprint density at radius 1 is 0.962 bits per heavy atom. The molecular weight excluding hydrogens is 341 g/mol. The maximum Gasteiger partial charge on any atom is 0.314 e. The van der Waals surface area contributed by atoms with Gasteiger partial charge in [-0.2, -0.15) is 0 Å². The highest BCUT2D eigenvalue weighted by Crippen LogP contribution is 2.33. The molecule has 0 unspecified atom stereocenters. The fraction of sp³-hybridized carbons (Fsp3) is 0.667. The summed E-state index contributed by atoms with van der Waals surface area (Å²) in [6.45, 7) is 2.21. The molecule has 26 heavy (non-hydrogen) atoms. The standard InChI is InChI=1S/C21H29F3O2/c1-2-3-4-5-6-7-8-15-9-11-16(12-10-15)21(25)26-17-13-18(22)20(24)19(23)14-17/h13-16H,2-12H2,1H3/t15-,16-. The number of unbranched alkanes of at least 4 members (excludes halogenated alkanes) is 5. The highest BCUT2D eigenvalue weighted by atomic mass is 19.2. The van der Waals surface area contributed by atoms with Crippen LogP contribution in [-0.2, 0) is 4.79 Å². The summed E-state index contributed by atoms with van der Waals surface area (Å²) in [5.74, 6) is -4.60. The van der Waals surface area contributed by atoms with Crippen LogP contribution in [0.1, 0.15) is 77.6 Å². The van der Waals surface area contributed by atoms with Crippen LogP contribution in [0.4, 0.5) is 13.2 Å². The van der Waals surface area contributed by atoms with E-state index in [1.807, 2.05) is 0 Å². The van der Waals surface area contributed by atoms with Gasteiger partial charge in [-0.3, -0.25) is 4.79 Å². The number of ether oxygens (including phenoxy) is 1. The highest BCUT2D eigenvalue weighted by Gasteiger charge is 2.28. The predicted molar refractivity (Wildman–Crippen MR) is 95.4 cm³/mol. The normalized spacial score (nSPS) is 20.2. The predicted octanol–water partition coefficient (Wildman–Crippen LogP) is 6.57. The summed E-state index contributed by atoms with van der Waals surface area (Å²) < 4.78 is 44.4. The van der Waals surface area contributed by atoms with Crippen molar-refractivity contribution in [2.24, 2.45) is 11.8 Å². The molecule has 1 aliphatic rings. The van der Waals surface area contributed by atoms with Crippen LogP contribution in [0.25, 0.3) is 0 Å². The Labute approximate surface area is 154 Å². The molecule has 0 bridgehead atoms. The second-order valence-electron chi connectivity index (χ2n) is 7.40. The molecule has 146 valence electrons. The van der Waals surface area contributed by atoms with Gasteiger partial charge in [-0.05, 0) is 31.6 Å². The summed E-state index contributed by atoms with van der Waals surface area (Å²) in [5.41, 5.74) is 0. The van der Waals surface area contributed by atoms with Crippen molar-refractivity contribution in [3.63, 3.8) is 0 Å². The minimum Gasteiger partial charge on any atom is -0.426 e. The van der Waals surface area contributed by atoms with E-state index in [0.717, 1.165) is 25.7 Å². The fourth-order valence-electron chi connectivity index (χ4n) is 3.69. The molecule has 0 atom stereocenters. The number of rotatable bonds is 9. The highest BCUT2D eigenvalue weighted by molar-refractivity contribution is 5.75. The molecule has 2 rings (SSSR count). The minimum atomic E-state index is -1.56. The van der Waals surface area contributed by atoms with Gasteiger partial charge in [-0.15, -0.1) is 0 Å². The Morgan fingerprint density at radius 2 is 1.54 bits per heavy atom. The maximum absolute atomic E-state index is 13.2. The SMILES string of the molecule is CCCCCCCC[C@H]1CC[C@H](C(=O)Oc2cc(F)c(F)c(F)c2)CC1. The van der Waals surface area contributed by atoms with Crippen molar-refractivity contribution >= 4 is 5.97 Å². The van der Waals surface area contributed by atoms with E-state index in [2.05, 4.69) is 6.92 Å². The molecule has 1 saturated carbocycles. The Kier molecular flexibility index (Phi) is 8.46. The van der Waals surface area contributed by atoms with E-state index in [1.165, 1.54) is 44.9 Å². The van der Waals surface area contributed by atoms with Crippen LogP contribution in [0.3, 0.4) is 0 Å². The van der Waals surface area contributed by atoms with Gasteiger partial charge in [-0.1, -0.05) is 51.9 Å². The zero-order valence-electron chi connectivity index (χ0n) is 15.5. The third kappa shape index (κ3) is 6.33. The van der Waals surface area contributed by atoms with E-state index < -0.39 is 23.4 Å². The van der Waals surface area contributed by atoms with E-state index in [-0.39, 0.29) is 11.7 Å². The van der Waals surface area contributed by atoms with Crippen molar-refractivity contribution in [2.75, 3.05) is 0 Å². The van der Waals surface area contributed by atoms with Crippen LogP contribution < -0.4 is 4.74 Å². The lowest BCUT2D eigenvalue weighted by Gasteiger charge is -2.27. The average molecular weight is 370 g/mol. The minimum absolute atomic E-state index is 0.244. The lowest BCUT2D eigenvalue weighted by Crippen LogP contribution is -2.25. The van der Waals surface area contributed by atoms with Gasteiger partial charge < -0.3 is 4.74 Å². The molecule has 0 amide bonds. The van der Waals surface area contributed by atoms with Gasteiger partial charge in [0.25, 0.3) is 0 Å². The number of carbonyl (C=O) groups excluding carboxylic acids is 1. The van der Waals surface area contributed by atoms with E-state index in [1.54, 1.807) is 0 Å². The Hall–Kier alpha value is -1.52. The zero-order chi connectivity index (χ0) is 18.9. The summed E-state index contributed by atoms with van der Waals surface area (Å²) in [7, 11) is 0. The van der Waals surface area contributed by atoms with Crippen molar-refractivity contribution in [1.82, 2.24) is 0 Å². The van der Waals surface area contributed by atoms with E-state index in [4.69, 9.17) is 4.74 Å². The van der Waals surface area contributed by atoms with Crippen molar-refractivity contribution in [2.45, 2.75) is 77.6 Å². The molecule has 1 aliphatic carbocycles. The first-order valence-electron chi connectivity index (χ1n) is 9.87. The molecule has 1 aromatic carbocycles. The monoisotopic (exact) mass is 370 g/mol. The maximum atomic E-state index is 13.2. The summed E-state index contributed by atoms with van der Waals surface area (Å²) >= 11 is 0. The number of benzene rings is 1. The largest absolute Gasteiger partial charge is 0.426 e. The number of halogens is 3. The molecular formula is C21H29F3O2. The molecule has 0 aromatic heterocycles. The van der Waals surface area contributed by atoms with Gasteiger partial charge in [-0.25, -0.2) is 13.2 Å². The first-order chi connectivity index (χ1) is 12.5. The smallest absolute Gasteiger partial charge is 0.314 e. The number of esters is 1. The second-order valence-corrected chi connectivity index (χ2v) is 7.40. The van der Waals surface area contributed by atoms with Crippen LogP contribution in [-0.4, -0.2) is 5.97 Å². The summed E-state index contributed by atoms with van der Waals surface area (Å²) in [6, 6.07) is 1.42. The van der Waals surface area contributed by atoms with Gasteiger partial charge >= 0.3 is 5.97 Å². The molecule has 0 aliphatic heterocycles. The Morgan fingerprint density at radius 3 is 2.15 bits per heavy atom. The zero-order valence-corrected chi connectivity index (χ0v) is 15.5. The molecule has 0 radical (unpaired) electrons. The summed E-state index contributed by atoms with van der Waals surface area (Å²) in [5, 5.41) is 0. The van der Waals surface area contributed by atoms with E-state index in [9.17, 15) is 18.0 Å². The van der Waals surface area contributed by atoms with Crippen LogP contribution in [0.5, 0.6) is 5.75 Å². The van der Waals surface area contributed by atoms with Crippen LogP contribution in [0, 0.1) is 29.3 Å². The Bertz CT molecular complexity index is 558. The topological polar surface area (TPSA) is 26.3 Å². The fourth-order valence-corrected chi connectivity index (χ4v) is 3.69. The quantitative estimate of drug-likeness (QED) is 0.213. The third-order valence-electron chi connectivity index (χ3n) is 5.32. The Balaban J connectivity index is 1.70. The summed E-state index contributed by atoms with van der Waals surface area (Å²) in [6.07, 6.45) is 12.4. The number of carbonyl (C=O) groups is 1. The van der Waals surface area contributed by atoms with Crippen molar-refractivity contribution in [1.29, 1.82) is 0 Å². The lowest BCUT2D eigenvalue weighted by atomic mass is 9.80. The molecule has 0 heterocycles. The second kappa shape index (κ2) is 10.6. The van der Waals surface area contributed by atoms with Gasteiger partial charge in [0.1, 0.15) is 5.75 Å². The molecule has 0 N–H and O–H groups in total. The van der Waals surface area contributed by atoms with Crippen molar-refractivity contribution in [3.05, 3.63) is 29.6 Å². The lowest BCUT2D eigenvalue weighted by molar-refractivity contribution is -0.140. The molecule has 1 aromatic rings. The molecule has 1 fully saturated rings. The van der Waals surface area contributed by atoms with Crippen molar-refractivity contribution in [3.8, 4) is 5.75 Å². The number of hydrogen-bond acceptors (Lipinski definition) is 2. The van der Waals surface area contributed by atoms with E-state index in [0.29, 0.717) is 18.1 Å². The average Bonchev–Trinajstić information content (AvgIpc) is 2.63. The first-order valence-corrected chi connectivity index (χ1v) is 9.87. The number of hydrogen-bond donors (Lipinski definition) is 0. The van der Waals surface area contributed by atoms with Gasteiger partial charge in [0, 0.05) is 12.1 Å². The van der Waals surface area contributed by atoms with Gasteiger partial charge in [0.05, 0.1) is 5.92 Å². The van der Waals surface area contributed by atoms with Crippen LogP contribution >= 0.6 is 0 Å². The molecule has 0 saturated heterocycles. The first kappa shape index (κ1) is 20.8. The van der Waals surface area contributed by atoms with Gasteiger partial charge in [0.15, 0.2) is 17.5 Å². The summed E-state index contributed by atoms with van der Waals surface area (Å²) in [4.78, 5) is 12.2. The molecule has 5 heteroatoms. The molecule has 0 spiro atoms. The third-order valence-corrected chi connectivity index (χ3v) is 5.32.